The lowest BCUT2D eigenvalue weighted by molar-refractivity contribution is -0.114. The fourth-order valence-corrected chi connectivity index (χ4v) is 4.02. The fraction of sp³-hybridized carbons (Fsp3) is 0.625. The van der Waals surface area contributed by atoms with Crippen LogP contribution in [0.25, 0.3) is 0 Å². The summed E-state index contributed by atoms with van der Waals surface area (Å²) in [6.45, 7) is 2.25. The lowest BCUT2D eigenvalue weighted by Gasteiger charge is -2.29. The molecule has 2 aliphatic rings. The summed E-state index contributed by atoms with van der Waals surface area (Å²) in [6.07, 6.45) is 7.42. The number of fused-ring (bicyclic) bond motifs is 2. The van der Waals surface area contributed by atoms with Crippen molar-refractivity contribution in [2.24, 2.45) is 23.5 Å². The van der Waals surface area contributed by atoms with E-state index in [2.05, 4.69) is 22.5 Å². The molecule has 0 saturated heterocycles. The van der Waals surface area contributed by atoms with Gasteiger partial charge in [0.2, 0.25) is 5.91 Å². The largest absolute Gasteiger partial charge is 0.381 e. The normalized spacial score (nSPS) is 28.4. The number of aromatic nitrogens is 1. The van der Waals surface area contributed by atoms with Crippen molar-refractivity contribution in [3.63, 3.8) is 0 Å². The summed E-state index contributed by atoms with van der Waals surface area (Å²) in [7, 11) is 0. The average molecular weight is 288 g/mol. The van der Waals surface area contributed by atoms with E-state index in [0.29, 0.717) is 11.9 Å². The second kappa shape index (κ2) is 6.02. The van der Waals surface area contributed by atoms with Gasteiger partial charge in [-0.25, -0.2) is 4.98 Å². The summed E-state index contributed by atoms with van der Waals surface area (Å²) in [6, 6.07) is 4.25. The molecule has 2 saturated carbocycles. The lowest BCUT2D eigenvalue weighted by Crippen LogP contribution is -2.30. The zero-order valence-electron chi connectivity index (χ0n) is 12.5. The predicted molar refractivity (Wildman–Crippen MR) is 83.9 cm³/mol. The van der Waals surface area contributed by atoms with Crippen molar-refractivity contribution in [2.45, 2.75) is 38.6 Å². The molecule has 2 fully saturated rings. The average Bonchev–Trinajstić information content (AvgIpc) is 3.12. The number of pyridine rings is 1. The van der Waals surface area contributed by atoms with Gasteiger partial charge in [-0.15, -0.1) is 0 Å². The van der Waals surface area contributed by atoms with Gasteiger partial charge < -0.3 is 16.4 Å². The van der Waals surface area contributed by atoms with E-state index in [-0.39, 0.29) is 12.5 Å². The Labute approximate surface area is 125 Å². The quantitative estimate of drug-likeness (QED) is 0.776. The van der Waals surface area contributed by atoms with Crippen LogP contribution in [0.5, 0.6) is 0 Å². The van der Waals surface area contributed by atoms with Crippen LogP contribution in [0.1, 0.15) is 32.6 Å². The van der Waals surface area contributed by atoms with Gasteiger partial charge in [0.15, 0.2) is 0 Å². The molecule has 1 aromatic heterocycles. The topological polar surface area (TPSA) is 80.0 Å². The highest BCUT2D eigenvalue weighted by Gasteiger charge is 2.41. The van der Waals surface area contributed by atoms with Gasteiger partial charge in [-0.3, -0.25) is 4.79 Å². The smallest absolute Gasteiger partial charge is 0.239 e. The zero-order valence-corrected chi connectivity index (χ0v) is 12.5. The minimum absolute atomic E-state index is 0.0249. The minimum Gasteiger partial charge on any atom is -0.381 e. The van der Waals surface area contributed by atoms with E-state index >= 15 is 0 Å². The summed E-state index contributed by atoms with van der Waals surface area (Å²) >= 11 is 0. The molecule has 1 heterocycles. The lowest BCUT2D eigenvalue weighted by atomic mass is 9.84. The molecule has 2 aliphatic carbocycles. The standard InChI is InChI=1S/C16H24N4O/c1-10(14-7-11-2-3-12(14)6-11)19-13-4-5-15(18-9-13)20-16(21)8-17/h4-5,9-12,14,19H,2-3,6-8,17H2,1H3,(H,18,20,21). The van der Waals surface area contributed by atoms with Crippen molar-refractivity contribution in [1.29, 1.82) is 0 Å². The first-order chi connectivity index (χ1) is 10.2. The van der Waals surface area contributed by atoms with Crippen molar-refractivity contribution in [3.8, 4) is 0 Å². The van der Waals surface area contributed by atoms with Crippen LogP contribution in [0.3, 0.4) is 0 Å². The maximum Gasteiger partial charge on any atom is 0.239 e. The van der Waals surface area contributed by atoms with Crippen LogP contribution in [-0.4, -0.2) is 23.5 Å². The highest BCUT2D eigenvalue weighted by Crippen LogP contribution is 2.49. The number of nitrogens with zero attached hydrogens (tertiary/aromatic N) is 1. The van der Waals surface area contributed by atoms with E-state index in [0.717, 1.165) is 23.4 Å². The Morgan fingerprint density at radius 3 is 2.86 bits per heavy atom. The SMILES string of the molecule is CC(Nc1ccc(NC(=O)CN)nc1)C1CC2CCC1C2. The number of hydrogen-bond donors (Lipinski definition) is 3. The van der Waals surface area contributed by atoms with Crippen LogP contribution >= 0.6 is 0 Å². The number of nitrogens with one attached hydrogen (secondary N) is 2. The number of anilines is 2. The third kappa shape index (κ3) is 3.18. The van der Waals surface area contributed by atoms with Gasteiger partial charge in [0.25, 0.3) is 0 Å². The molecule has 1 aromatic rings. The van der Waals surface area contributed by atoms with Crippen molar-refractivity contribution in [2.75, 3.05) is 17.2 Å². The number of nitrogens with two attached hydrogens (primary N) is 1. The third-order valence-electron chi connectivity index (χ3n) is 5.05. The van der Waals surface area contributed by atoms with Gasteiger partial charge in [0.1, 0.15) is 5.82 Å². The Morgan fingerprint density at radius 1 is 1.43 bits per heavy atom. The molecule has 4 atom stereocenters. The van der Waals surface area contributed by atoms with E-state index in [4.69, 9.17) is 5.73 Å². The fourth-order valence-electron chi connectivity index (χ4n) is 4.02. The van der Waals surface area contributed by atoms with Crippen LogP contribution in [0.15, 0.2) is 18.3 Å². The molecule has 0 spiro atoms. The molecule has 2 bridgehead atoms. The van der Waals surface area contributed by atoms with Crippen molar-refractivity contribution < 1.29 is 4.79 Å². The van der Waals surface area contributed by atoms with Gasteiger partial charge in [-0.1, -0.05) is 6.42 Å². The maximum absolute atomic E-state index is 11.2. The molecule has 4 N–H and O–H groups in total. The van der Waals surface area contributed by atoms with Gasteiger partial charge in [0, 0.05) is 6.04 Å². The van der Waals surface area contributed by atoms with E-state index in [1.165, 1.54) is 25.7 Å². The molecule has 4 unspecified atom stereocenters. The molecule has 0 radical (unpaired) electrons. The van der Waals surface area contributed by atoms with E-state index in [9.17, 15) is 4.79 Å². The monoisotopic (exact) mass is 288 g/mol. The van der Waals surface area contributed by atoms with Crippen molar-refractivity contribution in [3.05, 3.63) is 18.3 Å². The Hall–Kier alpha value is -1.62. The first-order valence-electron chi connectivity index (χ1n) is 7.88. The highest BCUT2D eigenvalue weighted by atomic mass is 16.1. The maximum atomic E-state index is 11.2. The number of carbonyl (C=O) groups excluding carboxylic acids is 1. The van der Waals surface area contributed by atoms with Crippen molar-refractivity contribution in [1.82, 2.24) is 4.98 Å². The number of amides is 1. The van der Waals surface area contributed by atoms with E-state index < -0.39 is 0 Å². The molecule has 1 amide bonds. The first-order valence-corrected chi connectivity index (χ1v) is 7.88. The molecule has 5 nitrogen and oxygen atoms in total. The van der Waals surface area contributed by atoms with E-state index in [1.807, 2.05) is 12.1 Å². The molecular formula is C16H24N4O. The molecular weight excluding hydrogens is 264 g/mol. The third-order valence-corrected chi connectivity index (χ3v) is 5.05. The molecule has 3 rings (SSSR count). The number of hydrogen-bond acceptors (Lipinski definition) is 4. The summed E-state index contributed by atoms with van der Waals surface area (Å²) in [4.78, 5) is 15.4. The second-order valence-electron chi connectivity index (χ2n) is 6.46. The predicted octanol–water partition coefficient (Wildman–Crippen LogP) is 2.22. The van der Waals surface area contributed by atoms with Crippen LogP contribution < -0.4 is 16.4 Å². The summed E-state index contributed by atoms with van der Waals surface area (Å²) in [5.41, 5.74) is 6.27. The Kier molecular flexibility index (Phi) is 4.10. The number of rotatable bonds is 5. The molecule has 21 heavy (non-hydrogen) atoms. The summed E-state index contributed by atoms with van der Waals surface area (Å²) < 4.78 is 0. The van der Waals surface area contributed by atoms with Gasteiger partial charge >= 0.3 is 0 Å². The molecule has 114 valence electrons. The summed E-state index contributed by atoms with van der Waals surface area (Å²) in [5, 5.41) is 6.21. The minimum atomic E-state index is -0.224. The van der Waals surface area contributed by atoms with Gasteiger partial charge in [-0.2, -0.15) is 0 Å². The van der Waals surface area contributed by atoms with E-state index in [1.54, 1.807) is 6.20 Å². The first kappa shape index (κ1) is 14.3. The number of carbonyl (C=O) groups is 1. The van der Waals surface area contributed by atoms with Crippen LogP contribution in [0.4, 0.5) is 11.5 Å². The Bertz CT molecular complexity index is 502. The van der Waals surface area contributed by atoms with Crippen molar-refractivity contribution >= 4 is 17.4 Å². The molecule has 0 aliphatic heterocycles. The van der Waals surface area contributed by atoms with Gasteiger partial charge in [-0.05, 0) is 56.1 Å². The van der Waals surface area contributed by atoms with Crippen LogP contribution in [-0.2, 0) is 4.79 Å². The highest BCUT2D eigenvalue weighted by molar-refractivity contribution is 5.91. The summed E-state index contributed by atoms with van der Waals surface area (Å²) in [5.74, 6) is 2.99. The zero-order chi connectivity index (χ0) is 14.8. The van der Waals surface area contributed by atoms with Crippen LogP contribution in [0, 0.1) is 17.8 Å². The Morgan fingerprint density at radius 2 is 2.29 bits per heavy atom. The second-order valence-corrected chi connectivity index (χ2v) is 6.46. The van der Waals surface area contributed by atoms with Crippen LogP contribution in [0.2, 0.25) is 0 Å². The molecule has 0 aromatic carbocycles. The Balaban J connectivity index is 1.56. The van der Waals surface area contributed by atoms with Gasteiger partial charge in [0.05, 0.1) is 18.4 Å². The molecule has 5 heteroatoms.